The average Bonchev–Trinajstić information content (AvgIpc) is 2.85. The first kappa shape index (κ1) is 13.7. The second-order valence-corrected chi connectivity index (χ2v) is 3.67. The second kappa shape index (κ2) is 5.98. The molecule has 0 aliphatic carbocycles. The third-order valence-corrected chi connectivity index (χ3v) is 2.37. The first-order chi connectivity index (χ1) is 9.63. The summed E-state index contributed by atoms with van der Waals surface area (Å²) in [6, 6.07) is 9.05. The fraction of sp³-hybridized carbons (Fsp3) is 0.0909. The summed E-state index contributed by atoms with van der Waals surface area (Å²) in [6.07, 6.45) is 0.566. The van der Waals surface area contributed by atoms with Gasteiger partial charge in [0.2, 0.25) is 6.23 Å². The zero-order chi connectivity index (χ0) is 14.5. The van der Waals surface area contributed by atoms with E-state index in [2.05, 4.69) is 22.9 Å². The van der Waals surface area contributed by atoms with E-state index in [0.29, 0.717) is 4.68 Å². The first-order valence-corrected chi connectivity index (χ1v) is 5.47. The fourth-order valence-corrected chi connectivity index (χ4v) is 1.38. The molecule has 9 heteroatoms. The first-order valence-electron chi connectivity index (χ1n) is 5.47. The van der Waals surface area contributed by atoms with Crippen LogP contribution in [0.1, 0.15) is 11.8 Å². The maximum absolute atomic E-state index is 11.8. The Morgan fingerprint density at radius 2 is 2.15 bits per heavy atom. The largest absolute Gasteiger partial charge is 0.540 e. The van der Waals surface area contributed by atoms with Crippen molar-refractivity contribution in [1.29, 1.82) is 0 Å². The van der Waals surface area contributed by atoms with Crippen LogP contribution in [-0.4, -0.2) is 39.8 Å². The van der Waals surface area contributed by atoms with Gasteiger partial charge in [-0.2, -0.15) is 19.6 Å². The van der Waals surface area contributed by atoms with Crippen molar-refractivity contribution < 1.29 is 14.6 Å². The summed E-state index contributed by atoms with van der Waals surface area (Å²) >= 11 is 0. The molecule has 100 valence electrons. The maximum Gasteiger partial charge on any atom is 0.378 e. The summed E-state index contributed by atoms with van der Waals surface area (Å²) in [5.74, 6) is -1.20. The Labute approximate surface area is 114 Å². The Morgan fingerprint density at radius 1 is 1.45 bits per heavy atom. The molecule has 2 aromatic rings. The standard InChI is InChI=1S/C11H9BN4O4/c12-20-10(18)9(17)16-11(19)15(7-14-16)13-6-8-4-2-1-3-5-8/h1-7,9,17H/b13-6+. The van der Waals surface area contributed by atoms with Gasteiger partial charge in [-0.15, -0.1) is 0 Å². The minimum absolute atomic E-state index is 0.498. The van der Waals surface area contributed by atoms with Gasteiger partial charge in [0, 0.05) is 0 Å². The molecule has 0 saturated carbocycles. The molecule has 2 radical (unpaired) electrons. The van der Waals surface area contributed by atoms with Gasteiger partial charge in [-0.05, 0) is 5.56 Å². The van der Waals surface area contributed by atoms with Gasteiger partial charge in [-0.3, -0.25) is 0 Å². The molecule has 20 heavy (non-hydrogen) atoms. The van der Waals surface area contributed by atoms with E-state index in [1.54, 1.807) is 12.1 Å². The summed E-state index contributed by atoms with van der Waals surface area (Å²) in [5.41, 5.74) is -0.0378. The van der Waals surface area contributed by atoms with E-state index in [-0.39, 0.29) is 0 Å². The molecule has 0 amide bonds. The zero-order valence-electron chi connectivity index (χ0n) is 10.2. The summed E-state index contributed by atoms with van der Waals surface area (Å²) in [4.78, 5) is 22.8. The lowest BCUT2D eigenvalue weighted by molar-refractivity contribution is -0.149. The van der Waals surface area contributed by atoms with Crippen LogP contribution in [0.2, 0.25) is 0 Å². The van der Waals surface area contributed by atoms with E-state index in [9.17, 15) is 14.7 Å². The average molecular weight is 272 g/mol. The Balaban J connectivity index is 2.24. The SMILES string of the molecule is [B]OC(=O)C(O)n1ncn(/N=C/c2ccccc2)c1=O. The molecule has 1 N–H and O–H groups in total. The Morgan fingerprint density at radius 3 is 2.80 bits per heavy atom. The van der Waals surface area contributed by atoms with E-state index < -0.39 is 17.9 Å². The number of aromatic nitrogens is 3. The molecule has 0 aliphatic heterocycles. The highest BCUT2D eigenvalue weighted by Crippen LogP contribution is 1.98. The molecule has 0 bridgehead atoms. The monoisotopic (exact) mass is 272 g/mol. The lowest BCUT2D eigenvalue weighted by Crippen LogP contribution is -2.32. The Kier molecular flexibility index (Phi) is 4.11. The Bertz CT molecular complexity index is 679. The van der Waals surface area contributed by atoms with Crippen LogP contribution in [0, 0.1) is 0 Å². The van der Waals surface area contributed by atoms with Gasteiger partial charge < -0.3 is 9.76 Å². The number of aliphatic hydroxyl groups is 1. The molecule has 0 saturated heterocycles. The topological polar surface area (TPSA) is 98.7 Å². The van der Waals surface area contributed by atoms with E-state index in [1.165, 1.54) is 6.21 Å². The van der Waals surface area contributed by atoms with E-state index in [4.69, 9.17) is 0 Å². The van der Waals surface area contributed by atoms with Crippen molar-refractivity contribution in [2.45, 2.75) is 6.23 Å². The van der Waals surface area contributed by atoms with Gasteiger partial charge in [-0.1, -0.05) is 30.3 Å². The lowest BCUT2D eigenvalue weighted by atomic mass is 10.2. The smallest absolute Gasteiger partial charge is 0.378 e. The van der Waals surface area contributed by atoms with E-state index in [1.807, 2.05) is 18.2 Å². The van der Waals surface area contributed by atoms with E-state index in [0.717, 1.165) is 16.6 Å². The summed E-state index contributed by atoms with van der Waals surface area (Å²) in [6.45, 7) is 0. The lowest BCUT2D eigenvalue weighted by Gasteiger charge is -2.06. The highest BCUT2D eigenvalue weighted by Gasteiger charge is 2.21. The molecule has 2 rings (SSSR count). The maximum atomic E-state index is 11.8. The minimum Gasteiger partial charge on any atom is -0.540 e. The van der Waals surface area contributed by atoms with Crippen molar-refractivity contribution in [2.75, 3.05) is 0 Å². The fourth-order valence-electron chi connectivity index (χ4n) is 1.38. The summed E-state index contributed by atoms with van der Waals surface area (Å²) in [7, 11) is 4.61. The van der Waals surface area contributed by atoms with Crippen LogP contribution in [0.4, 0.5) is 0 Å². The highest BCUT2D eigenvalue weighted by atomic mass is 16.5. The third-order valence-electron chi connectivity index (χ3n) is 2.37. The van der Waals surface area contributed by atoms with Gasteiger partial charge in [0.15, 0.2) is 0 Å². The van der Waals surface area contributed by atoms with Crippen LogP contribution in [0.3, 0.4) is 0 Å². The van der Waals surface area contributed by atoms with Gasteiger partial charge >= 0.3 is 19.7 Å². The molecule has 1 aromatic heterocycles. The summed E-state index contributed by atoms with van der Waals surface area (Å²) in [5, 5.41) is 16.9. The van der Waals surface area contributed by atoms with E-state index >= 15 is 0 Å². The number of hydrogen-bond acceptors (Lipinski definition) is 6. The number of aliphatic hydroxyl groups excluding tert-OH is 1. The number of carbonyl (C=O) groups excluding carboxylic acids is 1. The van der Waals surface area contributed by atoms with Crippen molar-refractivity contribution in [1.82, 2.24) is 14.5 Å². The molecule has 1 atom stereocenters. The number of hydrogen-bond donors (Lipinski definition) is 1. The molecular weight excluding hydrogens is 263 g/mol. The van der Waals surface area contributed by atoms with Crippen molar-refractivity contribution in [2.24, 2.45) is 5.10 Å². The number of benzene rings is 1. The van der Waals surface area contributed by atoms with Crippen LogP contribution in [0.25, 0.3) is 0 Å². The van der Waals surface area contributed by atoms with Crippen LogP contribution in [-0.2, 0) is 9.45 Å². The summed E-state index contributed by atoms with van der Waals surface area (Å²) < 4.78 is 5.18. The van der Waals surface area contributed by atoms with Crippen molar-refractivity contribution >= 4 is 20.2 Å². The van der Waals surface area contributed by atoms with Crippen molar-refractivity contribution in [3.8, 4) is 0 Å². The second-order valence-electron chi connectivity index (χ2n) is 3.67. The number of rotatable bonds is 4. The third kappa shape index (κ3) is 2.83. The van der Waals surface area contributed by atoms with Gasteiger partial charge in [0.25, 0.3) is 0 Å². The molecule has 1 aromatic carbocycles. The quantitative estimate of drug-likeness (QED) is 0.571. The molecule has 0 fully saturated rings. The highest BCUT2D eigenvalue weighted by molar-refractivity contribution is 6.05. The number of carbonyl (C=O) groups is 1. The van der Waals surface area contributed by atoms with Crippen LogP contribution < -0.4 is 5.69 Å². The van der Waals surface area contributed by atoms with Crippen LogP contribution in [0.5, 0.6) is 0 Å². The van der Waals surface area contributed by atoms with Crippen molar-refractivity contribution in [3.63, 3.8) is 0 Å². The van der Waals surface area contributed by atoms with Gasteiger partial charge in [-0.25, -0.2) is 9.59 Å². The normalized spacial score (nSPS) is 12.4. The molecule has 1 heterocycles. The molecule has 0 spiro atoms. The molecular formula is C11H9BN4O4. The minimum atomic E-state index is -1.92. The Hall–Kier alpha value is -2.68. The van der Waals surface area contributed by atoms with Gasteiger partial charge in [0.05, 0.1) is 6.21 Å². The molecule has 8 nitrogen and oxygen atoms in total. The number of nitrogens with zero attached hydrogens (tertiary/aromatic N) is 4. The zero-order valence-corrected chi connectivity index (χ0v) is 10.2. The predicted molar refractivity (Wildman–Crippen MR) is 69.0 cm³/mol. The molecule has 0 aliphatic rings. The van der Waals surface area contributed by atoms with Crippen LogP contribution >= 0.6 is 0 Å². The molecule has 1 unspecified atom stereocenters. The van der Waals surface area contributed by atoms with Crippen LogP contribution in [0.15, 0.2) is 46.6 Å². The van der Waals surface area contributed by atoms with Gasteiger partial charge in [0.1, 0.15) is 6.33 Å². The predicted octanol–water partition coefficient (Wildman–Crippen LogP) is -0.955. The van der Waals surface area contributed by atoms with Crippen molar-refractivity contribution in [3.05, 3.63) is 52.7 Å².